The van der Waals surface area contributed by atoms with Crippen LogP contribution in [0.25, 0.3) is 0 Å². The van der Waals surface area contributed by atoms with E-state index in [0.717, 1.165) is 22.4 Å². The van der Waals surface area contributed by atoms with E-state index >= 15 is 0 Å². The molecule has 0 aliphatic heterocycles. The van der Waals surface area contributed by atoms with E-state index < -0.39 is 0 Å². The zero-order chi connectivity index (χ0) is 12.7. The van der Waals surface area contributed by atoms with Crippen molar-refractivity contribution in [1.82, 2.24) is 0 Å². The molecule has 96 valence electrons. The number of alkyl halides is 1. The molecule has 0 heterocycles. The lowest BCUT2D eigenvalue weighted by molar-refractivity contribution is 0.0817. The SMILES string of the molecule is CC(C)COCCOc1ccc(CCl)cc1Br. The number of halogens is 2. The van der Waals surface area contributed by atoms with Gasteiger partial charge in [-0.15, -0.1) is 11.6 Å². The van der Waals surface area contributed by atoms with Crippen molar-refractivity contribution in [3.8, 4) is 5.75 Å². The van der Waals surface area contributed by atoms with Crippen LogP contribution in [0.3, 0.4) is 0 Å². The summed E-state index contributed by atoms with van der Waals surface area (Å²) >= 11 is 9.20. The van der Waals surface area contributed by atoms with Crippen molar-refractivity contribution >= 4 is 27.5 Å². The van der Waals surface area contributed by atoms with E-state index in [2.05, 4.69) is 29.8 Å². The quantitative estimate of drug-likeness (QED) is 0.552. The molecule has 2 nitrogen and oxygen atoms in total. The molecule has 1 aromatic rings. The summed E-state index contributed by atoms with van der Waals surface area (Å²) < 4.78 is 12.0. The average molecular weight is 322 g/mol. The Bertz CT molecular complexity index is 342. The van der Waals surface area contributed by atoms with Gasteiger partial charge in [-0.1, -0.05) is 19.9 Å². The van der Waals surface area contributed by atoms with Gasteiger partial charge in [-0.2, -0.15) is 0 Å². The molecule has 0 aliphatic carbocycles. The van der Waals surface area contributed by atoms with Gasteiger partial charge < -0.3 is 9.47 Å². The van der Waals surface area contributed by atoms with Gasteiger partial charge in [-0.05, 0) is 39.5 Å². The van der Waals surface area contributed by atoms with E-state index in [0.29, 0.717) is 25.0 Å². The van der Waals surface area contributed by atoms with Crippen molar-refractivity contribution in [2.75, 3.05) is 19.8 Å². The summed E-state index contributed by atoms with van der Waals surface area (Å²) in [5.74, 6) is 1.90. The fourth-order valence-corrected chi connectivity index (χ4v) is 1.98. The molecule has 0 N–H and O–H groups in total. The molecule has 0 amide bonds. The molecule has 0 aliphatic rings. The van der Waals surface area contributed by atoms with Crippen molar-refractivity contribution in [3.05, 3.63) is 28.2 Å². The molecule has 0 atom stereocenters. The lowest BCUT2D eigenvalue weighted by Crippen LogP contribution is -2.10. The molecule has 1 aromatic carbocycles. The molecule has 0 bridgehead atoms. The van der Waals surface area contributed by atoms with Crippen molar-refractivity contribution in [2.45, 2.75) is 19.7 Å². The normalized spacial score (nSPS) is 10.9. The minimum Gasteiger partial charge on any atom is -0.490 e. The monoisotopic (exact) mass is 320 g/mol. The highest BCUT2D eigenvalue weighted by atomic mass is 79.9. The predicted octanol–water partition coefficient (Wildman–Crippen LogP) is 4.24. The fourth-order valence-electron chi connectivity index (χ4n) is 1.27. The molecule has 0 saturated heterocycles. The second kappa shape index (κ2) is 7.96. The van der Waals surface area contributed by atoms with E-state index in [-0.39, 0.29) is 0 Å². The topological polar surface area (TPSA) is 18.5 Å². The Labute approximate surface area is 116 Å². The van der Waals surface area contributed by atoms with E-state index in [4.69, 9.17) is 21.1 Å². The first-order chi connectivity index (χ1) is 8.13. The van der Waals surface area contributed by atoms with Crippen LogP contribution in [0.15, 0.2) is 22.7 Å². The molecule has 0 saturated carbocycles. The van der Waals surface area contributed by atoms with Crippen molar-refractivity contribution in [2.24, 2.45) is 5.92 Å². The minimum atomic E-state index is 0.510. The minimum absolute atomic E-state index is 0.510. The van der Waals surface area contributed by atoms with Gasteiger partial charge in [-0.25, -0.2) is 0 Å². The maximum absolute atomic E-state index is 5.74. The van der Waals surface area contributed by atoms with Gasteiger partial charge in [0.2, 0.25) is 0 Å². The molecular weight excluding hydrogens is 303 g/mol. The first-order valence-electron chi connectivity index (χ1n) is 5.68. The van der Waals surface area contributed by atoms with Crippen molar-refractivity contribution < 1.29 is 9.47 Å². The summed E-state index contributed by atoms with van der Waals surface area (Å²) in [7, 11) is 0. The molecule has 0 fully saturated rings. The third-order valence-electron chi connectivity index (χ3n) is 2.09. The first-order valence-corrected chi connectivity index (χ1v) is 7.01. The smallest absolute Gasteiger partial charge is 0.133 e. The van der Waals surface area contributed by atoms with Crippen molar-refractivity contribution in [1.29, 1.82) is 0 Å². The van der Waals surface area contributed by atoms with Crippen LogP contribution in [0.5, 0.6) is 5.75 Å². The fraction of sp³-hybridized carbons (Fsp3) is 0.538. The second-order valence-electron chi connectivity index (χ2n) is 4.22. The Morgan fingerprint density at radius 2 is 2.06 bits per heavy atom. The number of hydrogen-bond donors (Lipinski definition) is 0. The highest BCUT2D eigenvalue weighted by molar-refractivity contribution is 9.10. The molecule has 4 heteroatoms. The summed E-state index contributed by atoms with van der Waals surface area (Å²) in [6.07, 6.45) is 0. The van der Waals surface area contributed by atoms with E-state index in [9.17, 15) is 0 Å². The Balaban J connectivity index is 2.32. The summed E-state index contributed by atoms with van der Waals surface area (Å²) in [4.78, 5) is 0. The zero-order valence-electron chi connectivity index (χ0n) is 10.2. The van der Waals surface area contributed by atoms with Crippen LogP contribution in [-0.2, 0) is 10.6 Å². The molecule has 0 spiro atoms. The summed E-state index contributed by atoms with van der Waals surface area (Å²) in [6.45, 7) is 6.20. The Kier molecular flexibility index (Phi) is 6.93. The number of rotatable bonds is 7. The van der Waals surface area contributed by atoms with Crippen LogP contribution in [0.2, 0.25) is 0 Å². The second-order valence-corrected chi connectivity index (χ2v) is 5.34. The number of ether oxygens (including phenoxy) is 2. The lowest BCUT2D eigenvalue weighted by atomic mass is 10.2. The summed E-state index contributed by atoms with van der Waals surface area (Å²) in [5, 5.41) is 0. The Morgan fingerprint density at radius 3 is 2.65 bits per heavy atom. The molecule has 17 heavy (non-hydrogen) atoms. The number of benzene rings is 1. The van der Waals surface area contributed by atoms with Gasteiger partial charge in [-0.3, -0.25) is 0 Å². The Hall–Kier alpha value is -0.250. The zero-order valence-corrected chi connectivity index (χ0v) is 12.6. The molecule has 0 unspecified atom stereocenters. The van der Waals surface area contributed by atoms with Gasteiger partial charge >= 0.3 is 0 Å². The van der Waals surface area contributed by atoms with Crippen LogP contribution < -0.4 is 4.74 Å². The molecule has 0 radical (unpaired) electrons. The van der Waals surface area contributed by atoms with Gasteiger partial charge in [0, 0.05) is 12.5 Å². The van der Waals surface area contributed by atoms with E-state index in [1.165, 1.54) is 0 Å². The van der Waals surface area contributed by atoms with Crippen molar-refractivity contribution in [3.63, 3.8) is 0 Å². The number of hydrogen-bond acceptors (Lipinski definition) is 2. The van der Waals surface area contributed by atoms with Crippen LogP contribution in [0.1, 0.15) is 19.4 Å². The van der Waals surface area contributed by atoms with Crippen LogP contribution in [-0.4, -0.2) is 19.8 Å². The molecule has 0 aromatic heterocycles. The van der Waals surface area contributed by atoms with Crippen LogP contribution >= 0.6 is 27.5 Å². The highest BCUT2D eigenvalue weighted by Crippen LogP contribution is 2.26. The van der Waals surface area contributed by atoms with Gasteiger partial charge in [0.25, 0.3) is 0 Å². The first kappa shape index (κ1) is 14.8. The maximum atomic E-state index is 5.74. The maximum Gasteiger partial charge on any atom is 0.133 e. The van der Waals surface area contributed by atoms with E-state index in [1.54, 1.807) is 0 Å². The Morgan fingerprint density at radius 1 is 1.29 bits per heavy atom. The predicted molar refractivity (Wildman–Crippen MR) is 74.9 cm³/mol. The van der Waals surface area contributed by atoms with Crippen LogP contribution in [0, 0.1) is 5.92 Å². The lowest BCUT2D eigenvalue weighted by Gasteiger charge is -2.10. The highest BCUT2D eigenvalue weighted by Gasteiger charge is 2.02. The third-order valence-corrected chi connectivity index (χ3v) is 3.02. The van der Waals surface area contributed by atoms with E-state index in [1.807, 2.05) is 18.2 Å². The third kappa shape index (κ3) is 5.75. The van der Waals surface area contributed by atoms with Gasteiger partial charge in [0.15, 0.2) is 0 Å². The van der Waals surface area contributed by atoms with Gasteiger partial charge in [0.1, 0.15) is 12.4 Å². The van der Waals surface area contributed by atoms with Crippen LogP contribution in [0.4, 0.5) is 0 Å². The standard InChI is InChI=1S/C13H18BrClO2/c1-10(2)9-16-5-6-17-13-4-3-11(8-15)7-12(13)14/h3-4,7,10H,5-6,8-9H2,1-2H3. The average Bonchev–Trinajstić information content (AvgIpc) is 2.30. The molecule has 1 rings (SSSR count). The summed E-state index contributed by atoms with van der Waals surface area (Å²) in [6, 6.07) is 5.85. The largest absolute Gasteiger partial charge is 0.490 e. The molecular formula is C13H18BrClO2. The van der Waals surface area contributed by atoms with Gasteiger partial charge in [0.05, 0.1) is 11.1 Å². The summed E-state index contributed by atoms with van der Waals surface area (Å²) in [5.41, 5.74) is 1.07.